The van der Waals surface area contributed by atoms with Crippen LogP contribution in [0.25, 0.3) is 26.8 Å². The van der Waals surface area contributed by atoms with Gasteiger partial charge in [0.25, 0.3) is 0 Å². The first-order valence-corrected chi connectivity index (χ1v) is 11.6. The molecule has 0 unspecified atom stereocenters. The highest BCUT2D eigenvalue weighted by atomic mass is 32.1. The summed E-state index contributed by atoms with van der Waals surface area (Å²) in [6.45, 7) is 6.78. The predicted molar refractivity (Wildman–Crippen MR) is 134 cm³/mol. The molecule has 0 saturated carbocycles. The molecule has 1 aliphatic rings. The number of hydrogen-bond donors (Lipinski definition) is 3. The van der Waals surface area contributed by atoms with Crippen LogP contribution in [-0.2, 0) is 4.74 Å². The molecule has 4 aromatic rings. The number of ether oxygens (including phenoxy) is 1. The number of amides is 1. The Bertz CT molecular complexity index is 1380. The number of pyridine rings is 1. The number of H-pyrrole nitrogens is 1. The van der Waals surface area contributed by atoms with Crippen LogP contribution in [0.1, 0.15) is 32.9 Å². The number of thiazole rings is 1. The van der Waals surface area contributed by atoms with E-state index in [0.717, 1.165) is 44.7 Å². The number of nitrogen functional groups attached to an aromatic ring is 1. The van der Waals surface area contributed by atoms with Crippen molar-refractivity contribution in [2.24, 2.45) is 0 Å². The first kappa shape index (κ1) is 21.3. The topological polar surface area (TPSA) is 109 Å². The smallest absolute Gasteiger partial charge is 0.410 e. The van der Waals surface area contributed by atoms with Crippen molar-refractivity contribution in [2.45, 2.75) is 32.8 Å². The molecular formula is C24H26N6O2S. The van der Waals surface area contributed by atoms with Gasteiger partial charge in [-0.25, -0.2) is 14.8 Å². The highest BCUT2D eigenvalue weighted by molar-refractivity contribution is 7.22. The zero-order valence-electron chi connectivity index (χ0n) is 18.8. The second-order valence-corrected chi connectivity index (χ2v) is 10.1. The van der Waals surface area contributed by atoms with Gasteiger partial charge in [0.1, 0.15) is 11.2 Å². The molecule has 170 valence electrons. The SMILES string of the molecule is CC(C)(C)OC(=O)N1CC=C(c2cc3c(Nc4ccc5nc(N)sc5c4)ccnc3[nH]2)CC1. The normalized spacial score (nSPS) is 14.5. The largest absolute Gasteiger partial charge is 0.444 e. The average Bonchev–Trinajstić information content (AvgIpc) is 3.35. The Morgan fingerprint density at radius 2 is 2.12 bits per heavy atom. The monoisotopic (exact) mass is 462 g/mol. The van der Waals surface area contributed by atoms with Crippen molar-refractivity contribution in [2.75, 3.05) is 24.1 Å². The Labute approximate surface area is 195 Å². The van der Waals surface area contributed by atoms with Crippen LogP contribution in [0.5, 0.6) is 0 Å². The molecule has 4 N–H and O–H groups in total. The van der Waals surface area contributed by atoms with Crippen molar-refractivity contribution in [3.8, 4) is 0 Å². The number of nitrogens with zero attached hydrogens (tertiary/aromatic N) is 3. The predicted octanol–water partition coefficient (Wildman–Crippen LogP) is 5.52. The molecule has 1 aromatic carbocycles. The standard InChI is InChI=1S/C24H26N6O2S/c1-24(2,3)32-23(31)30-10-7-14(8-11-30)19-13-16-17(6-9-26-21(16)28-19)27-15-4-5-18-20(12-15)33-22(25)29-18/h4-7,9,12-13H,8,10-11H2,1-3H3,(H2,25,29)(H2,26,27,28). The summed E-state index contributed by atoms with van der Waals surface area (Å²) in [6, 6.07) is 10.1. The third-order valence-corrected chi connectivity index (χ3v) is 6.27. The second kappa shape index (κ2) is 8.08. The minimum absolute atomic E-state index is 0.276. The van der Waals surface area contributed by atoms with Crippen LogP contribution in [0.4, 0.5) is 21.3 Å². The van der Waals surface area contributed by atoms with Gasteiger partial charge in [0.05, 0.1) is 15.9 Å². The van der Waals surface area contributed by atoms with E-state index in [2.05, 4.69) is 38.5 Å². The van der Waals surface area contributed by atoms with Crippen molar-refractivity contribution in [3.63, 3.8) is 0 Å². The van der Waals surface area contributed by atoms with E-state index < -0.39 is 5.60 Å². The molecule has 4 heterocycles. The summed E-state index contributed by atoms with van der Waals surface area (Å²) in [6.07, 6.45) is 4.33. The highest BCUT2D eigenvalue weighted by Gasteiger charge is 2.24. The fourth-order valence-corrected chi connectivity index (χ4v) is 4.66. The third kappa shape index (κ3) is 4.49. The van der Waals surface area contributed by atoms with Gasteiger partial charge in [0.2, 0.25) is 0 Å². The molecule has 3 aromatic heterocycles. The molecular weight excluding hydrogens is 436 g/mol. The van der Waals surface area contributed by atoms with Gasteiger partial charge in [0, 0.05) is 36.1 Å². The van der Waals surface area contributed by atoms with Crippen LogP contribution >= 0.6 is 11.3 Å². The minimum atomic E-state index is -0.496. The summed E-state index contributed by atoms with van der Waals surface area (Å²) in [5, 5.41) is 5.07. The van der Waals surface area contributed by atoms with E-state index in [-0.39, 0.29) is 6.09 Å². The molecule has 8 nitrogen and oxygen atoms in total. The van der Waals surface area contributed by atoms with Crippen LogP contribution in [0.3, 0.4) is 0 Å². The van der Waals surface area contributed by atoms with E-state index in [1.807, 2.05) is 39.0 Å². The number of hydrogen-bond acceptors (Lipinski definition) is 7. The molecule has 1 amide bonds. The van der Waals surface area contributed by atoms with Gasteiger partial charge < -0.3 is 25.7 Å². The lowest BCUT2D eigenvalue weighted by Gasteiger charge is -2.29. The Morgan fingerprint density at radius 1 is 1.27 bits per heavy atom. The molecule has 0 saturated heterocycles. The molecule has 0 radical (unpaired) electrons. The van der Waals surface area contributed by atoms with Crippen LogP contribution in [0.15, 0.2) is 42.6 Å². The van der Waals surface area contributed by atoms with Crippen LogP contribution in [-0.4, -0.2) is 44.6 Å². The maximum atomic E-state index is 12.3. The van der Waals surface area contributed by atoms with Crippen molar-refractivity contribution in [1.82, 2.24) is 19.9 Å². The maximum Gasteiger partial charge on any atom is 0.410 e. The number of rotatable bonds is 3. The summed E-state index contributed by atoms with van der Waals surface area (Å²) < 4.78 is 6.53. The summed E-state index contributed by atoms with van der Waals surface area (Å²) in [4.78, 5) is 26.3. The zero-order valence-corrected chi connectivity index (χ0v) is 19.6. The molecule has 0 spiro atoms. The van der Waals surface area contributed by atoms with Gasteiger partial charge in [-0.3, -0.25) is 0 Å². The van der Waals surface area contributed by atoms with Crippen molar-refractivity contribution in [1.29, 1.82) is 0 Å². The lowest BCUT2D eigenvalue weighted by atomic mass is 10.0. The fraction of sp³-hybridized carbons (Fsp3) is 0.292. The average molecular weight is 463 g/mol. The number of nitrogens with two attached hydrogens (primary N) is 1. The van der Waals surface area contributed by atoms with E-state index in [1.165, 1.54) is 16.9 Å². The first-order valence-electron chi connectivity index (χ1n) is 10.8. The Hall–Kier alpha value is -3.59. The summed E-state index contributed by atoms with van der Waals surface area (Å²) >= 11 is 1.47. The van der Waals surface area contributed by atoms with Gasteiger partial charge >= 0.3 is 6.09 Å². The van der Waals surface area contributed by atoms with E-state index in [1.54, 1.807) is 11.1 Å². The molecule has 5 rings (SSSR count). The van der Waals surface area contributed by atoms with Crippen molar-refractivity contribution in [3.05, 3.63) is 48.3 Å². The van der Waals surface area contributed by atoms with Crippen molar-refractivity contribution < 1.29 is 9.53 Å². The van der Waals surface area contributed by atoms with E-state index >= 15 is 0 Å². The summed E-state index contributed by atoms with van der Waals surface area (Å²) in [7, 11) is 0. The van der Waals surface area contributed by atoms with Gasteiger partial charge in [-0.2, -0.15) is 0 Å². The molecule has 0 fully saturated rings. The minimum Gasteiger partial charge on any atom is -0.444 e. The quantitative estimate of drug-likeness (QED) is 0.370. The van der Waals surface area contributed by atoms with Crippen LogP contribution < -0.4 is 11.1 Å². The number of anilines is 3. The van der Waals surface area contributed by atoms with Crippen molar-refractivity contribution >= 4 is 60.8 Å². The van der Waals surface area contributed by atoms with Crippen LogP contribution in [0.2, 0.25) is 0 Å². The number of benzene rings is 1. The number of carbonyl (C=O) groups is 1. The van der Waals surface area contributed by atoms with E-state index in [9.17, 15) is 4.79 Å². The number of fused-ring (bicyclic) bond motifs is 2. The molecule has 33 heavy (non-hydrogen) atoms. The van der Waals surface area contributed by atoms with E-state index in [0.29, 0.717) is 18.2 Å². The highest BCUT2D eigenvalue weighted by Crippen LogP contribution is 2.32. The lowest BCUT2D eigenvalue weighted by Crippen LogP contribution is -2.39. The Balaban J connectivity index is 1.37. The molecule has 0 atom stereocenters. The number of aromatic amines is 1. The second-order valence-electron chi connectivity index (χ2n) is 9.07. The number of nitrogens with one attached hydrogen (secondary N) is 2. The summed E-state index contributed by atoms with van der Waals surface area (Å²) in [5.41, 5.74) is 11.2. The van der Waals surface area contributed by atoms with Crippen LogP contribution in [0, 0.1) is 0 Å². The zero-order chi connectivity index (χ0) is 23.2. The van der Waals surface area contributed by atoms with Gasteiger partial charge in [-0.1, -0.05) is 17.4 Å². The molecule has 9 heteroatoms. The lowest BCUT2D eigenvalue weighted by molar-refractivity contribution is 0.0270. The maximum absolute atomic E-state index is 12.3. The fourth-order valence-electron chi connectivity index (χ4n) is 3.89. The molecule has 0 aliphatic carbocycles. The third-order valence-electron chi connectivity index (χ3n) is 5.42. The Kier molecular flexibility index (Phi) is 5.20. The Morgan fingerprint density at radius 3 is 2.88 bits per heavy atom. The van der Waals surface area contributed by atoms with Gasteiger partial charge in [-0.15, -0.1) is 0 Å². The molecule has 0 bridgehead atoms. The van der Waals surface area contributed by atoms with Gasteiger partial charge in [0.15, 0.2) is 5.13 Å². The summed E-state index contributed by atoms with van der Waals surface area (Å²) in [5.74, 6) is 0. The van der Waals surface area contributed by atoms with Gasteiger partial charge in [-0.05, 0) is 63.1 Å². The number of aromatic nitrogens is 3. The number of carbonyl (C=O) groups excluding carboxylic acids is 1. The molecule has 1 aliphatic heterocycles. The van der Waals surface area contributed by atoms with E-state index in [4.69, 9.17) is 10.5 Å². The first-order chi connectivity index (χ1) is 15.7.